The topological polar surface area (TPSA) is 119 Å². The van der Waals surface area contributed by atoms with Crippen LogP contribution < -0.4 is 0 Å². The zero-order valence-corrected chi connectivity index (χ0v) is 29.6. The molecule has 0 saturated heterocycles. The van der Waals surface area contributed by atoms with E-state index in [1.807, 2.05) is 0 Å². The van der Waals surface area contributed by atoms with Crippen LogP contribution >= 0.6 is 7.82 Å². The molecule has 8 nitrogen and oxygen atoms in total. The largest absolute Gasteiger partial charge is 0.469 e. The van der Waals surface area contributed by atoms with Gasteiger partial charge >= 0.3 is 19.8 Å². The van der Waals surface area contributed by atoms with Gasteiger partial charge in [0.2, 0.25) is 0 Å². The second kappa shape index (κ2) is 32.7. The summed E-state index contributed by atoms with van der Waals surface area (Å²) in [5.74, 6) is -0.932. The summed E-state index contributed by atoms with van der Waals surface area (Å²) in [6.45, 7) is 3.47. The average Bonchev–Trinajstić information content (AvgIpc) is 3.02. The first-order chi connectivity index (χ1) is 22.3. The molecule has 0 aliphatic carbocycles. The Bertz CT molecular complexity index is 932. The molecule has 0 aromatic rings. The summed E-state index contributed by atoms with van der Waals surface area (Å²) in [4.78, 5) is 42.6. The van der Waals surface area contributed by atoms with E-state index in [9.17, 15) is 14.2 Å². The Morgan fingerprint density at radius 3 is 1.59 bits per heavy atom. The lowest BCUT2D eigenvalue weighted by Gasteiger charge is -2.18. The van der Waals surface area contributed by atoms with Gasteiger partial charge in [0.1, 0.15) is 6.61 Å². The molecule has 46 heavy (non-hydrogen) atoms. The van der Waals surface area contributed by atoms with Crippen molar-refractivity contribution in [2.75, 3.05) is 13.2 Å². The van der Waals surface area contributed by atoms with Crippen molar-refractivity contribution in [1.82, 2.24) is 0 Å². The van der Waals surface area contributed by atoms with Gasteiger partial charge in [-0.15, -0.1) is 0 Å². The molecule has 9 heteroatoms. The third kappa shape index (κ3) is 34.6. The van der Waals surface area contributed by atoms with E-state index in [1.54, 1.807) is 0 Å². The Hall–Kier alpha value is -2.25. The second-order valence-electron chi connectivity index (χ2n) is 11.5. The summed E-state index contributed by atoms with van der Waals surface area (Å²) >= 11 is 0. The number of carbonyl (C=O) groups excluding carboxylic acids is 2. The van der Waals surface area contributed by atoms with E-state index < -0.39 is 32.5 Å². The third-order valence-corrected chi connectivity index (χ3v) is 7.51. The molecule has 1 atom stereocenters. The Morgan fingerprint density at radius 1 is 0.587 bits per heavy atom. The summed E-state index contributed by atoms with van der Waals surface area (Å²) in [5, 5.41) is 0. The SMILES string of the molecule is CC/C=C\C/C=C\C/C=C\C/C=C\CCCCCCC(=O)OC[C@H](COP(=O)(O)O)OC(=O)CCCCCCC/C=C\CCCC. The van der Waals surface area contributed by atoms with Gasteiger partial charge in [-0.05, 0) is 70.6 Å². The lowest BCUT2D eigenvalue weighted by molar-refractivity contribution is -0.161. The van der Waals surface area contributed by atoms with Crippen molar-refractivity contribution >= 4 is 19.8 Å². The first-order valence-electron chi connectivity index (χ1n) is 17.6. The number of phosphoric acid groups is 1. The molecule has 0 bridgehead atoms. The number of phosphoric ester groups is 1. The number of allylic oxidation sites excluding steroid dienone is 10. The summed E-state index contributed by atoms with van der Waals surface area (Å²) in [6.07, 6.45) is 39.4. The van der Waals surface area contributed by atoms with E-state index in [0.717, 1.165) is 89.9 Å². The quantitative estimate of drug-likeness (QED) is 0.0325. The smallest absolute Gasteiger partial charge is 0.462 e. The number of carbonyl (C=O) groups is 2. The van der Waals surface area contributed by atoms with E-state index in [-0.39, 0.29) is 19.4 Å². The number of rotatable bonds is 31. The molecule has 0 rings (SSSR count). The first kappa shape index (κ1) is 43.8. The molecule has 0 spiro atoms. The number of unbranched alkanes of at least 4 members (excludes halogenated alkanes) is 11. The summed E-state index contributed by atoms with van der Waals surface area (Å²) in [5.41, 5.74) is 0. The molecular weight excluding hydrogens is 603 g/mol. The van der Waals surface area contributed by atoms with Gasteiger partial charge in [-0.1, -0.05) is 120 Å². The van der Waals surface area contributed by atoms with Crippen LogP contribution in [0.2, 0.25) is 0 Å². The summed E-state index contributed by atoms with van der Waals surface area (Å²) < 4.78 is 26.2. The predicted octanol–water partition coefficient (Wildman–Crippen LogP) is 10.2. The van der Waals surface area contributed by atoms with Crippen molar-refractivity contribution in [1.29, 1.82) is 0 Å². The van der Waals surface area contributed by atoms with E-state index in [0.29, 0.717) is 12.8 Å². The maximum Gasteiger partial charge on any atom is 0.469 e. The normalized spacial score (nSPS) is 13.2. The van der Waals surface area contributed by atoms with Crippen LogP contribution in [-0.4, -0.2) is 41.0 Å². The second-order valence-corrected chi connectivity index (χ2v) is 12.7. The van der Waals surface area contributed by atoms with Gasteiger partial charge in [0.15, 0.2) is 6.10 Å². The summed E-state index contributed by atoms with van der Waals surface area (Å²) in [6, 6.07) is 0. The Balaban J connectivity index is 4.06. The number of hydrogen-bond acceptors (Lipinski definition) is 6. The predicted molar refractivity (Wildman–Crippen MR) is 188 cm³/mol. The fraction of sp³-hybridized carbons (Fsp3) is 0.676. The Kier molecular flexibility index (Phi) is 31.1. The highest BCUT2D eigenvalue weighted by Gasteiger charge is 2.22. The van der Waals surface area contributed by atoms with Crippen LogP contribution in [0.3, 0.4) is 0 Å². The van der Waals surface area contributed by atoms with Gasteiger partial charge in [0.25, 0.3) is 0 Å². The third-order valence-electron chi connectivity index (χ3n) is 7.02. The zero-order chi connectivity index (χ0) is 34.0. The average molecular weight is 667 g/mol. The van der Waals surface area contributed by atoms with E-state index in [4.69, 9.17) is 19.3 Å². The highest BCUT2D eigenvalue weighted by molar-refractivity contribution is 7.46. The van der Waals surface area contributed by atoms with Crippen LogP contribution in [0.25, 0.3) is 0 Å². The molecule has 0 aliphatic heterocycles. The zero-order valence-electron chi connectivity index (χ0n) is 28.7. The minimum Gasteiger partial charge on any atom is -0.462 e. The molecule has 264 valence electrons. The van der Waals surface area contributed by atoms with Crippen molar-refractivity contribution < 1.29 is 37.9 Å². The van der Waals surface area contributed by atoms with Crippen LogP contribution in [0.4, 0.5) is 0 Å². The van der Waals surface area contributed by atoms with Crippen molar-refractivity contribution in [2.24, 2.45) is 0 Å². The van der Waals surface area contributed by atoms with Crippen LogP contribution in [-0.2, 0) is 28.2 Å². The molecule has 0 fully saturated rings. The molecule has 0 amide bonds. The Labute approximate surface area is 279 Å². The van der Waals surface area contributed by atoms with E-state index >= 15 is 0 Å². The fourth-order valence-corrected chi connectivity index (χ4v) is 4.76. The van der Waals surface area contributed by atoms with Gasteiger partial charge < -0.3 is 19.3 Å². The van der Waals surface area contributed by atoms with Gasteiger partial charge in [-0.2, -0.15) is 0 Å². The summed E-state index contributed by atoms with van der Waals surface area (Å²) in [7, 11) is -4.76. The highest BCUT2D eigenvalue weighted by atomic mass is 31.2. The molecule has 0 saturated carbocycles. The van der Waals surface area contributed by atoms with Gasteiger partial charge in [0.05, 0.1) is 6.61 Å². The molecule has 0 aliphatic rings. The number of ether oxygens (including phenoxy) is 2. The van der Waals surface area contributed by atoms with Crippen molar-refractivity contribution in [3.63, 3.8) is 0 Å². The lowest BCUT2D eigenvalue weighted by Crippen LogP contribution is -2.29. The molecule has 2 N–H and O–H groups in total. The van der Waals surface area contributed by atoms with Crippen molar-refractivity contribution in [3.8, 4) is 0 Å². The minimum atomic E-state index is -4.76. The van der Waals surface area contributed by atoms with Crippen LogP contribution in [0.15, 0.2) is 60.8 Å². The van der Waals surface area contributed by atoms with Gasteiger partial charge in [0, 0.05) is 12.8 Å². The highest BCUT2D eigenvalue weighted by Crippen LogP contribution is 2.35. The first-order valence-corrected chi connectivity index (χ1v) is 19.1. The number of esters is 2. The van der Waals surface area contributed by atoms with Gasteiger partial charge in [-0.3, -0.25) is 14.1 Å². The molecule has 0 unspecified atom stereocenters. The van der Waals surface area contributed by atoms with Crippen LogP contribution in [0.5, 0.6) is 0 Å². The molecule has 0 heterocycles. The lowest BCUT2D eigenvalue weighted by atomic mass is 10.1. The molecule has 0 radical (unpaired) electrons. The maximum absolute atomic E-state index is 12.3. The van der Waals surface area contributed by atoms with Crippen LogP contribution in [0.1, 0.15) is 142 Å². The van der Waals surface area contributed by atoms with E-state index in [2.05, 4.69) is 79.1 Å². The van der Waals surface area contributed by atoms with E-state index in [1.165, 1.54) is 12.8 Å². The van der Waals surface area contributed by atoms with Crippen molar-refractivity contribution in [3.05, 3.63) is 60.8 Å². The standard InChI is InChI=1S/C37H63O8P/c1-3-5-7-9-11-13-15-16-17-18-19-20-22-23-25-27-29-31-36(38)43-33-35(34-44-46(40,41)42)45-37(39)32-30-28-26-24-21-14-12-10-8-6-4-2/h5,7,10-13,16-17,19-20,35H,3-4,6,8-9,14-15,18,21-34H2,1-2H3,(H2,40,41,42)/b7-5-,12-10-,13-11-,17-16-,20-19-/t35-/m1/s1. The molecule has 0 aromatic heterocycles. The fourth-order valence-electron chi connectivity index (χ4n) is 4.40. The van der Waals surface area contributed by atoms with Crippen molar-refractivity contribution in [2.45, 2.75) is 148 Å². The molecular formula is C37H63O8P. The monoisotopic (exact) mass is 666 g/mol. The minimum absolute atomic E-state index is 0.193. The maximum atomic E-state index is 12.3. The molecule has 0 aromatic carbocycles. The number of hydrogen-bond donors (Lipinski definition) is 2. The Morgan fingerprint density at radius 2 is 1.04 bits per heavy atom. The van der Waals surface area contributed by atoms with Crippen LogP contribution in [0, 0.1) is 0 Å². The van der Waals surface area contributed by atoms with Gasteiger partial charge in [-0.25, -0.2) is 4.57 Å².